The van der Waals surface area contributed by atoms with Crippen LogP contribution in [0.3, 0.4) is 0 Å². The van der Waals surface area contributed by atoms with Crippen LogP contribution in [0.5, 0.6) is 5.75 Å². The van der Waals surface area contributed by atoms with Crippen LogP contribution in [0.15, 0.2) is 65.1 Å². The summed E-state index contributed by atoms with van der Waals surface area (Å²) in [5, 5.41) is 3.54. The Morgan fingerprint density at radius 1 is 1.11 bits per heavy atom. The third kappa shape index (κ3) is 3.32. The van der Waals surface area contributed by atoms with Crippen molar-refractivity contribution in [2.75, 3.05) is 12.4 Å². The first-order valence-corrected chi connectivity index (χ1v) is 9.05. The number of nitrogens with zero attached hydrogens (tertiary/aromatic N) is 1. The molecule has 0 spiro atoms. The van der Waals surface area contributed by atoms with E-state index in [9.17, 15) is 4.79 Å². The number of anilines is 1. The second kappa shape index (κ2) is 7.37. The second-order valence-electron chi connectivity index (χ2n) is 6.28. The van der Waals surface area contributed by atoms with Crippen LogP contribution >= 0.6 is 11.6 Å². The molecule has 1 amide bonds. The zero-order valence-electron chi connectivity index (χ0n) is 15.3. The maximum absolute atomic E-state index is 12.8. The number of fused-ring (bicyclic) bond motifs is 1. The molecule has 28 heavy (non-hydrogen) atoms. The molecule has 1 heterocycles. The lowest BCUT2D eigenvalue weighted by atomic mass is 10.1. The van der Waals surface area contributed by atoms with Gasteiger partial charge in [-0.15, -0.1) is 0 Å². The van der Waals surface area contributed by atoms with E-state index in [0.717, 1.165) is 11.1 Å². The number of nitrogens with one attached hydrogen (secondary N) is 1. The number of rotatable bonds is 4. The summed E-state index contributed by atoms with van der Waals surface area (Å²) in [6, 6.07) is 18.0. The van der Waals surface area contributed by atoms with Crippen LogP contribution in [-0.2, 0) is 0 Å². The summed E-state index contributed by atoms with van der Waals surface area (Å²) >= 11 is 6.05. The number of carbonyl (C=O) groups excluding carboxylic acids is 1. The Morgan fingerprint density at radius 2 is 1.93 bits per heavy atom. The Kier molecular flexibility index (Phi) is 4.75. The molecule has 4 rings (SSSR count). The van der Waals surface area contributed by atoms with E-state index in [1.165, 1.54) is 7.11 Å². The van der Waals surface area contributed by atoms with Gasteiger partial charge in [-0.2, -0.15) is 0 Å². The minimum absolute atomic E-state index is 0.275. The van der Waals surface area contributed by atoms with Crippen molar-refractivity contribution < 1.29 is 13.9 Å². The maximum atomic E-state index is 12.8. The van der Waals surface area contributed by atoms with E-state index in [4.69, 9.17) is 20.8 Å². The molecular formula is C22H17ClN2O3. The number of hydrogen-bond acceptors (Lipinski definition) is 4. The van der Waals surface area contributed by atoms with E-state index >= 15 is 0 Å². The quantitative estimate of drug-likeness (QED) is 0.482. The normalized spacial score (nSPS) is 10.8. The van der Waals surface area contributed by atoms with Gasteiger partial charge in [0.2, 0.25) is 5.89 Å². The number of hydrogen-bond donors (Lipinski definition) is 1. The highest BCUT2D eigenvalue weighted by molar-refractivity contribution is 6.31. The third-order valence-corrected chi connectivity index (χ3v) is 4.67. The lowest BCUT2D eigenvalue weighted by Crippen LogP contribution is -2.14. The average Bonchev–Trinajstić information content (AvgIpc) is 3.10. The van der Waals surface area contributed by atoms with Crippen molar-refractivity contribution in [2.45, 2.75) is 6.92 Å². The molecule has 1 N–H and O–H groups in total. The number of carbonyl (C=O) groups is 1. The van der Waals surface area contributed by atoms with Gasteiger partial charge in [0.25, 0.3) is 5.91 Å². The van der Waals surface area contributed by atoms with Gasteiger partial charge in [-0.25, -0.2) is 4.98 Å². The van der Waals surface area contributed by atoms with Crippen LogP contribution < -0.4 is 10.1 Å². The SMILES string of the molecule is COc1ccccc1C(=O)Nc1cccc(C)c1-c1nc2cc(Cl)ccc2o1. The smallest absolute Gasteiger partial charge is 0.259 e. The van der Waals surface area contributed by atoms with E-state index in [0.29, 0.717) is 39.0 Å². The fourth-order valence-electron chi connectivity index (χ4n) is 3.09. The molecule has 0 aliphatic carbocycles. The Bertz CT molecular complexity index is 1180. The first kappa shape index (κ1) is 18.1. The van der Waals surface area contributed by atoms with Gasteiger partial charge >= 0.3 is 0 Å². The van der Waals surface area contributed by atoms with Crippen molar-refractivity contribution in [3.05, 3.63) is 76.8 Å². The van der Waals surface area contributed by atoms with Gasteiger partial charge in [0.05, 0.1) is 23.9 Å². The molecule has 0 bridgehead atoms. The number of amides is 1. The molecule has 3 aromatic carbocycles. The van der Waals surface area contributed by atoms with Crippen molar-refractivity contribution >= 4 is 34.3 Å². The lowest BCUT2D eigenvalue weighted by Gasteiger charge is -2.13. The van der Waals surface area contributed by atoms with Gasteiger partial charge in [-0.3, -0.25) is 4.79 Å². The number of aryl methyl sites for hydroxylation is 1. The largest absolute Gasteiger partial charge is 0.496 e. The number of para-hydroxylation sites is 1. The molecule has 0 radical (unpaired) electrons. The van der Waals surface area contributed by atoms with E-state index in [2.05, 4.69) is 10.3 Å². The minimum atomic E-state index is -0.275. The Morgan fingerprint density at radius 3 is 2.75 bits per heavy atom. The monoisotopic (exact) mass is 392 g/mol. The van der Waals surface area contributed by atoms with Crippen LogP contribution in [0.1, 0.15) is 15.9 Å². The predicted molar refractivity (Wildman–Crippen MR) is 110 cm³/mol. The highest BCUT2D eigenvalue weighted by Gasteiger charge is 2.18. The molecule has 0 fully saturated rings. The number of benzene rings is 3. The number of halogens is 1. The zero-order valence-corrected chi connectivity index (χ0v) is 16.1. The summed E-state index contributed by atoms with van der Waals surface area (Å²) in [6.45, 7) is 1.94. The maximum Gasteiger partial charge on any atom is 0.259 e. The predicted octanol–water partition coefficient (Wildman–Crippen LogP) is 5.72. The van der Waals surface area contributed by atoms with Crippen molar-refractivity contribution in [1.29, 1.82) is 0 Å². The Balaban J connectivity index is 1.76. The van der Waals surface area contributed by atoms with E-state index in [-0.39, 0.29) is 5.91 Å². The summed E-state index contributed by atoms with van der Waals surface area (Å²) in [5.41, 5.74) is 3.99. The third-order valence-electron chi connectivity index (χ3n) is 4.44. The summed E-state index contributed by atoms with van der Waals surface area (Å²) < 4.78 is 11.2. The van der Waals surface area contributed by atoms with Crippen LogP contribution in [-0.4, -0.2) is 18.0 Å². The highest BCUT2D eigenvalue weighted by atomic mass is 35.5. The summed E-state index contributed by atoms with van der Waals surface area (Å²) in [6.07, 6.45) is 0. The zero-order chi connectivity index (χ0) is 19.7. The highest BCUT2D eigenvalue weighted by Crippen LogP contribution is 2.34. The van der Waals surface area contributed by atoms with Crippen molar-refractivity contribution in [1.82, 2.24) is 4.98 Å². The van der Waals surface area contributed by atoms with Crippen molar-refractivity contribution in [3.8, 4) is 17.2 Å². The summed E-state index contributed by atoms with van der Waals surface area (Å²) in [4.78, 5) is 17.4. The topological polar surface area (TPSA) is 64.4 Å². The first-order chi connectivity index (χ1) is 13.6. The van der Waals surface area contributed by atoms with Gasteiger partial charge < -0.3 is 14.5 Å². The molecular weight excluding hydrogens is 376 g/mol. The van der Waals surface area contributed by atoms with Gasteiger partial charge in [0.15, 0.2) is 5.58 Å². The fraction of sp³-hybridized carbons (Fsp3) is 0.0909. The lowest BCUT2D eigenvalue weighted by molar-refractivity contribution is 0.102. The standard InChI is InChI=1S/C22H17ClN2O3/c1-13-6-5-8-16(24-21(26)15-7-3-4-9-18(15)27-2)20(13)22-25-17-12-14(23)10-11-19(17)28-22/h3-12H,1-2H3,(H,24,26). The molecule has 0 aliphatic heterocycles. The van der Waals surface area contributed by atoms with E-state index in [1.807, 2.05) is 31.2 Å². The molecule has 0 aliphatic rings. The molecule has 0 atom stereocenters. The molecule has 0 saturated heterocycles. The number of aromatic nitrogens is 1. The second-order valence-corrected chi connectivity index (χ2v) is 6.72. The average molecular weight is 393 g/mol. The van der Waals surface area contributed by atoms with Crippen LogP contribution in [0.2, 0.25) is 5.02 Å². The van der Waals surface area contributed by atoms with Gasteiger partial charge in [0.1, 0.15) is 11.3 Å². The molecule has 6 heteroatoms. The van der Waals surface area contributed by atoms with Crippen LogP contribution in [0.4, 0.5) is 5.69 Å². The fourth-order valence-corrected chi connectivity index (χ4v) is 3.25. The molecule has 5 nitrogen and oxygen atoms in total. The van der Waals surface area contributed by atoms with Gasteiger partial charge in [-0.1, -0.05) is 35.9 Å². The minimum Gasteiger partial charge on any atom is -0.496 e. The van der Waals surface area contributed by atoms with Crippen molar-refractivity contribution in [2.24, 2.45) is 0 Å². The number of methoxy groups -OCH3 is 1. The van der Waals surface area contributed by atoms with Crippen LogP contribution in [0, 0.1) is 6.92 Å². The Hall–Kier alpha value is -3.31. The summed E-state index contributed by atoms with van der Waals surface area (Å²) in [7, 11) is 1.54. The van der Waals surface area contributed by atoms with Gasteiger partial charge in [-0.05, 0) is 48.9 Å². The summed E-state index contributed by atoms with van der Waals surface area (Å²) in [5.74, 6) is 0.653. The molecule has 0 unspecified atom stereocenters. The number of ether oxygens (including phenoxy) is 1. The van der Waals surface area contributed by atoms with Gasteiger partial charge in [0, 0.05) is 5.02 Å². The molecule has 1 aromatic heterocycles. The van der Waals surface area contributed by atoms with Crippen molar-refractivity contribution in [3.63, 3.8) is 0 Å². The van der Waals surface area contributed by atoms with E-state index in [1.54, 1.807) is 36.4 Å². The molecule has 140 valence electrons. The Labute approximate surface area is 166 Å². The first-order valence-electron chi connectivity index (χ1n) is 8.67. The number of oxazole rings is 1. The molecule has 4 aromatic rings. The van der Waals surface area contributed by atoms with E-state index < -0.39 is 0 Å². The van der Waals surface area contributed by atoms with Crippen LogP contribution in [0.25, 0.3) is 22.6 Å². The molecule has 0 saturated carbocycles.